The minimum absolute atomic E-state index is 0.0421. The zero-order valence-corrected chi connectivity index (χ0v) is 11.7. The Hall–Kier alpha value is -2.17. The van der Waals surface area contributed by atoms with Crippen LogP contribution in [0.3, 0.4) is 0 Å². The molecule has 0 saturated carbocycles. The quantitative estimate of drug-likeness (QED) is 0.729. The van der Waals surface area contributed by atoms with Gasteiger partial charge < -0.3 is 15.5 Å². The van der Waals surface area contributed by atoms with E-state index in [2.05, 4.69) is 5.32 Å². The predicted octanol–water partition coefficient (Wildman–Crippen LogP) is 2.14. The Morgan fingerprint density at radius 3 is 2.24 bits per heavy atom. The molecule has 0 aliphatic carbocycles. The molecule has 0 amide bonds. The van der Waals surface area contributed by atoms with E-state index >= 15 is 0 Å². The molecule has 2 aromatic rings. The van der Waals surface area contributed by atoms with Gasteiger partial charge in [-0.25, -0.2) is 0 Å². The lowest BCUT2D eigenvalue weighted by Crippen LogP contribution is -2.21. The number of benzene rings is 2. The lowest BCUT2D eigenvalue weighted by Gasteiger charge is -2.12. The Morgan fingerprint density at radius 1 is 1.00 bits per heavy atom. The van der Waals surface area contributed by atoms with Crippen LogP contribution in [-0.4, -0.2) is 22.7 Å². The van der Waals surface area contributed by atoms with Gasteiger partial charge in [0.15, 0.2) is 0 Å². The summed E-state index contributed by atoms with van der Waals surface area (Å²) < 4.78 is 0. The third-order valence-electron chi connectivity index (χ3n) is 3.23. The fourth-order valence-electron chi connectivity index (χ4n) is 2.10. The van der Waals surface area contributed by atoms with Crippen LogP contribution in [0.15, 0.2) is 54.6 Å². The molecule has 1 unspecified atom stereocenters. The molecule has 2 rings (SSSR count). The molecular formula is C17H19NO3. The van der Waals surface area contributed by atoms with Crippen LogP contribution in [0.1, 0.15) is 22.8 Å². The minimum Gasteiger partial charge on any atom is -0.481 e. The number of aliphatic carboxylic acids is 1. The Morgan fingerprint density at radius 2 is 1.62 bits per heavy atom. The number of rotatable bonds is 7. The highest BCUT2D eigenvalue weighted by atomic mass is 16.4. The standard InChI is InChI=1S/C17H19NO3/c19-16(15-4-2-1-3-5-15)12-18-11-14-8-6-13(7-9-14)10-17(20)21/h1-9,16,18-19H,10-12H2,(H,20,21). The lowest BCUT2D eigenvalue weighted by atomic mass is 10.1. The summed E-state index contributed by atoms with van der Waals surface area (Å²) >= 11 is 0. The summed E-state index contributed by atoms with van der Waals surface area (Å²) in [6.45, 7) is 1.11. The van der Waals surface area contributed by atoms with Crippen LogP contribution in [0.4, 0.5) is 0 Å². The van der Waals surface area contributed by atoms with Gasteiger partial charge in [0, 0.05) is 13.1 Å². The average Bonchev–Trinajstić information content (AvgIpc) is 2.49. The van der Waals surface area contributed by atoms with E-state index in [1.807, 2.05) is 54.6 Å². The molecular weight excluding hydrogens is 266 g/mol. The molecule has 0 saturated heterocycles. The zero-order valence-electron chi connectivity index (χ0n) is 11.7. The van der Waals surface area contributed by atoms with Crippen molar-refractivity contribution >= 4 is 5.97 Å². The molecule has 3 N–H and O–H groups in total. The highest BCUT2D eigenvalue weighted by Gasteiger charge is 2.06. The predicted molar refractivity (Wildman–Crippen MR) is 80.9 cm³/mol. The fraction of sp³-hybridized carbons (Fsp3) is 0.235. The number of aliphatic hydroxyl groups is 1. The molecule has 21 heavy (non-hydrogen) atoms. The van der Waals surface area contributed by atoms with Crippen molar-refractivity contribution in [2.45, 2.75) is 19.1 Å². The first-order chi connectivity index (χ1) is 10.1. The normalized spacial score (nSPS) is 12.0. The minimum atomic E-state index is -0.827. The van der Waals surface area contributed by atoms with Crippen LogP contribution >= 0.6 is 0 Å². The van der Waals surface area contributed by atoms with Crippen LogP contribution < -0.4 is 5.32 Å². The first-order valence-electron chi connectivity index (χ1n) is 6.88. The maximum atomic E-state index is 10.6. The number of hydrogen-bond donors (Lipinski definition) is 3. The van der Waals surface area contributed by atoms with Gasteiger partial charge in [0.25, 0.3) is 0 Å². The van der Waals surface area contributed by atoms with Crippen molar-refractivity contribution in [1.29, 1.82) is 0 Å². The average molecular weight is 285 g/mol. The fourth-order valence-corrected chi connectivity index (χ4v) is 2.10. The van der Waals surface area contributed by atoms with E-state index in [1.165, 1.54) is 0 Å². The summed E-state index contributed by atoms with van der Waals surface area (Å²) in [7, 11) is 0. The van der Waals surface area contributed by atoms with Gasteiger partial charge in [-0.2, -0.15) is 0 Å². The van der Waals surface area contributed by atoms with Crippen molar-refractivity contribution < 1.29 is 15.0 Å². The first kappa shape index (κ1) is 15.2. The summed E-state index contributed by atoms with van der Waals surface area (Å²) in [4.78, 5) is 10.6. The second kappa shape index (κ2) is 7.57. The smallest absolute Gasteiger partial charge is 0.307 e. The van der Waals surface area contributed by atoms with Gasteiger partial charge in [-0.05, 0) is 16.7 Å². The summed E-state index contributed by atoms with van der Waals surface area (Å²) in [6.07, 6.45) is -0.488. The summed E-state index contributed by atoms with van der Waals surface area (Å²) in [6, 6.07) is 17.0. The van der Waals surface area contributed by atoms with Crippen LogP contribution in [0.25, 0.3) is 0 Å². The molecule has 4 nitrogen and oxygen atoms in total. The van der Waals surface area contributed by atoms with E-state index in [0.29, 0.717) is 13.1 Å². The molecule has 1 atom stereocenters. The molecule has 0 heterocycles. The summed E-state index contributed by atoms with van der Waals surface area (Å²) in [5.74, 6) is -0.827. The number of carboxylic acid groups (broad SMARTS) is 1. The highest BCUT2D eigenvalue weighted by molar-refractivity contribution is 5.70. The Bertz CT molecular complexity index is 566. The molecule has 0 aliphatic heterocycles. The van der Waals surface area contributed by atoms with Crippen molar-refractivity contribution in [2.24, 2.45) is 0 Å². The second-order valence-electron chi connectivity index (χ2n) is 4.94. The Kier molecular flexibility index (Phi) is 5.49. The van der Waals surface area contributed by atoms with Gasteiger partial charge in [0.1, 0.15) is 0 Å². The van der Waals surface area contributed by atoms with Gasteiger partial charge >= 0.3 is 5.97 Å². The number of carboxylic acids is 1. The van der Waals surface area contributed by atoms with Crippen molar-refractivity contribution in [3.63, 3.8) is 0 Å². The molecule has 0 radical (unpaired) electrons. The van der Waals surface area contributed by atoms with Gasteiger partial charge in [-0.3, -0.25) is 4.79 Å². The van der Waals surface area contributed by atoms with E-state index in [9.17, 15) is 9.90 Å². The van der Waals surface area contributed by atoms with Crippen LogP contribution in [0, 0.1) is 0 Å². The number of carbonyl (C=O) groups is 1. The monoisotopic (exact) mass is 285 g/mol. The number of nitrogens with one attached hydrogen (secondary N) is 1. The number of aliphatic hydroxyl groups excluding tert-OH is 1. The maximum absolute atomic E-state index is 10.6. The highest BCUT2D eigenvalue weighted by Crippen LogP contribution is 2.11. The van der Waals surface area contributed by atoms with E-state index < -0.39 is 12.1 Å². The summed E-state index contributed by atoms with van der Waals surface area (Å²) in [5, 5.41) is 21.9. The van der Waals surface area contributed by atoms with Crippen LogP contribution in [0.2, 0.25) is 0 Å². The Balaban J connectivity index is 1.79. The van der Waals surface area contributed by atoms with Gasteiger partial charge in [-0.1, -0.05) is 54.6 Å². The van der Waals surface area contributed by atoms with Crippen molar-refractivity contribution in [3.05, 3.63) is 71.3 Å². The second-order valence-corrected chi connectivity index (χ2v) is 4.94. The molecule has 110 valence electrons. The van der Waals surface area contributed by atoms with E-state index in [1.54, 1.807) is 0 Å². The molecule has 0 aliphatic rings. The molecule has 4 heteroatoms. The lowest BCUT2D eigenvalue weighted by molar-refractivity contribution is -0.136. The van der Waals surface area contributed by atoms with Crippen LogP contribution in [0.5, 0.6) is 0 Å². The van der Waals surface area contributed by atoms with E-state index in [4.69, 9.17) is 5.11 Å². The zero-order chi connectivity index (χ0) is 15.1. The third kappa shape index (κ3) is 5.02. The largest absolute Gasteiger partial charge is 0.481 e. The molecule has 0 fully saturated rings. The SMILES string of the molecule is O=C(O)Cc1ccc(CNCC(O)c2ccccc2)cc1. The molecule has 0 aromatic heterocycles. The van der Waals surface area contributed by atoms with Crippen molar-refractivity contribution in [2.75, 3.05) is 6.54 Å². The maximum Gasteiger partial charge on any atom is 0.307 e. The number of hydrogen-bond acceptors (Lipinski definition) is 3. The van der Waals surface area contributed by atoms with Crippen molar-refractivity contribution in [1.82, 2.24) is 5.32 Å². The van der Waals surface area contributed by atoms with Gasteiger partial charge in [-0.15, -0.1) is 0 Å². The van der Waals surface area contributed by atoms with Crippen molar-refractivity contribution in [3.8, 4) is 0 Å². The molecule has 0 spiro atoms. The van der Waals surface area contributed by atoms with E-state index in [-0.39, 0.29) is 6.42 Å². The third-order valence-corrected chi connectivity index (χ3v) is 3.23. The first-order valence-corrected chi connectivity index (χ1v) is 6.88. The summed E-state index contributed by atoms with van der Waals surface area (Å²) in [5.41, 5.74) is 2.74. The van der Waals surface area contributed by atoms with E-state index in [0.717, 1.165) is 16.7 Å². The molecule has 0 bridgehead atoms. The van der Waals surface area contributed by atoms with Crippen LogP contribution in [-0.2, 0) is 17.8 Å². The Labute approximate surface area is 124 Å². The topological polar surface area (TPSA) is 69.6 Å². The molecule has 2 aromatic carbocycles. The van der Waals surface area contributed by atoms with Gasteiger partial charge in [0.05, 0.1) is 12.5 Å². The van der Waals surface area contributed by atoms with Gasteiger partial charge in [0.2, 0.25) is 0 Å².